The molecule has 0 saturated heterocycles. The molecule has 0 N–H and O–H groups in total. The molecule has 0 aromatic carbocycles. The second kappa shape index (κ2) is 35.1. The summed E-state index contributed by atoms with van der Waals surface area (Å²) in [6.07, 6.45) is 46.9. The first-order chi connectivity index (χ1) is 19.1. The SMILES string of the molecule is CCCCCCCCCCCCCCCCCC[N+](C)(C)CCCCCCCCCCCCCCCCCC.[F-]. The molecular weight excluding hydrogens is 489 g/mol. The molecule has 0 saturated carbocycles. The summed E-state index contributed by atoms with van der Waals surface area (Å²) in [6, 6.07) is 0. The van der Waals surface area contributed by atoms with E-state index in [9.17, 15) is 0 Å². The number of hydrogen-bond donors (Lipinski definition) is 0. The smallest absolute Gasteiger partial charge is 0.0782 e. The molecule has 2 heteroatoms. The summed E-state index contributed by atoms with van der Waals surface area (Å²) in [5, 5.41) is 0. The molecule has 1 nitrogen and oxygen atoms in total. The van der Waals surface area contributed by atoms with Crippen LogP contribution in [0.1, 0.15) is 219 Å². The molecular formula is C38H80FN. The Kier molecular flexibility index (Phi) is 36.9. The van der Waals surface area contributed by atoms with Gasteiger partial charge >= 0.3 is 0 Å². The van der Waals surface area contributed by atoms with Gasteiger partial charge in [0.05, 0.1) is 27.2 Å². The second-order valence-electron chi connectivity index (χ2n) is 14.0. The van der Waals surface area contributed by atoms with Crippen molar-refractivity contribution in [2.45, 2.75) is 219 Å². The highest BCUT2D eigenvalue weighted by Crippen LogP contribution is 2.16. The molecule has 0 aliphatic heterocycles. The highest BCUT2D eigenvalue weighted by atomic mass is 19.0. The standard InChI is InChI=1S/C38H80N.FH/c1-5-7-9-11-13-15-17-19-21-23-25-27-29-31-33-35-37-39(3,4)38-36-34-32-30-28-26-24-22-20-18-16-14-12-10-8-6-2;/h5-38H2,1-4H3;1H/q+1;/p-1. The van der Waals surface area contributed by atoms with Gasteiger partial charge < -0.3 is 9.19 Å². The number of nitrogens with zero attached hydrogens (tertiary/aromatic N) is 1. The fourth-order valence-electron chi connectivity index (χ4n) is 6.29. The van der Waals surface area contributed by atoms with Crippen LogP contribution in [0.4, 0.5) is 0 Å². The minimum absolute atomic E-state index is 0. The van der Waals surface area contributed by atoms with Crippen molar-refractivity contribution in [3.63, 3.8) is 0 Å². The zero-order chi connectivity index (χ0) is 28.5. The first-order valence-electron chi connectivity index (χ1n) is 18.9. The van der Waals surface area contributed by atoms with Gasteiger partial charge in [-0.3, -0.25) is 0 Å². The molecule has 0 aliphatic carbocycles. The lowest BCUT2D eigenvalue weighted by Gasteiger charge is -2.30. The molecule has 0 radical (unpaired) electrons. The Hall–Kier alpha value is -0.110. The molecule has 0 heterocycles. The number of hydrogen-bond acceptors (Lipinski definition) is 0. The minimum Gasteiger partial charge on any atom is -1.00 e. The Labute approximate surface area is 255 Å². The molecule has 40 heavy (non-hydrogen) atoms. The van der Waals surface area contributed by atoms with Crippen LogP contribution in [0.3, 0.4) is 0 Å². The molecule has 0 aliphatic rings. The highest BCUT2D eigenvalue weighted by Gasteiger charge is 2.13. The van der Waals surface area contributed by atoms with E-state index in [0.29, 0.717) is 0 Å². The summed E-state index contributed by atoms with van der Waals surface area (Å²) < 4.78 is 1.25. The fourth-order valence-corrected chi connectivity index (χ4v) is 6.29. The summed E-state index contributed by atoms with van der Waals surface area (Å²) in [6.45, 7) is 7.39. The Bertz CT molecular complexity index is 397. The number of halogens is 1. The van der Waals surface area contributed by atoms with Crippen LogP contribution in [0.25, 0.3) is 0 Å². The normalized spacial score (nSPS) is 11.7. The van der Waals surface area contributed by atoms with Crippen LogP contribution in [-0.4, -0.2) is 31.7 Å². The van der Waals surface area contributed by atoms with Gasteiger partial charge in [0.2, 0.25) is 0 Å². The molecule has 244 valence electrons. The Morgan fingerprint density at radius 1 is 0.250 bits per heavy atom. The molecule has 0 aromatic heterocycles. The van der Waals surface area contributed by atoms with Crippen molar-refractivity contribution in [3.05, 3.63) is 0 Å². The van der Waals surface area contributed by atoms with Crippen LogP contribution < -0.4 is 4.70 Å². The average Bonchev–Trinajstić information content (AvgIpc) is 2.92. The van der Waals surface area contributed by atoms with Crippen molar-refractivity contribution in [1.29, 1.82) is 0 Å². The largest absolute Gasteiger partial charge is 1.00 e. The first-order valence-corrected chi connectivity index (χ1v) is 18.9. The van der Waals surface area contributed by atoms with Gasteiger partial charge in [0.15, 0.2) is 0 Å². The molecule has 0 spiro atoms. The van der Waals surface area contributed by atoms with Gasteiger partial charge in [-0.15, -0.1) is 0 Å². The summed E-state index contributed by atoms with van der Waals surface area (Å²) in [5.41, 5.74) is 0. The van der Waals surface area contributed by atoms with Crippen LogP contribution in [0.2, 0.25) is 0 Å². The van der Waals surface area contributed by atoms with E-state index in [1.165, 1.54) is 223 Å². The lowest BCUT2D eigenvalue weighted by atomic mass is 10.0. The maximum absolute atomic E-state index is 2.47. The Morgan fingerprint density at radius 3 is 0.575 bits per heavy atom. The number of unbranched alkanes of at least 4 members (excludes halogenated alkanes) is 30. The monoisotopic (exact) mass is 570 g/mol. The molecule has 0 atom stereocenters. The van der Waals surface area contributed by atoms with Crippen LogP contribution in [0.5, 0.6) is 0 Å². The van der Waals surface area contributed by atoms with Gasteiger partial charge in [-0.25, -0.2) is 0 Å². The van der Waals surface area contributed by atoms with Crippen molar-refractivity contribution in [2.24, 2.45) is 0 Å². The van der Waals surface area contributed by atoms with Crippen LogP contribution in [0, 0.1) is 0 Å². The molecule has 0 fully saturated rings. The third-order valence-electron chi connectivity index (χ3n) is 9.23. The van der Waals surface area contributed by atoms with Crippen LogP contribution >= 0.6 is 0 Å². The van der Waals surface area contributed by atoms with E-state index in [1.54, 1.807) is 0 Å². The zero-order valence-electron chi connectivity index (χ0n) is 28.9. The van der Waals surface area contributed by atoms with Gasteiger partial charge in [-0.05, 0) is 25.7 Å². The third kappa shape index (κ3) is 35.9. The van der Waals surface area contributed by atoms with Crippen molar-refractivity contribution in [2.75, 3.05) is 27.2 Å². The van der Waals surface area contributed by atoms with Gasteiger partial charge in [-0.1, -0.05) is 194 Å². The highest BCUT2D eigenvalue weighted by molar-refractivity contribution is 4.52. The van der Waals surface area contributed by atoms with E-state index in [0.717, 1.165) is 0 Å². The lowest BCUT2D eigenvalue weighted by Crippen LogP contribution is -3.00. The fraction of sp³-hybridized carbons (Fsp3) is 1.00. The summed E-state index contributed by atoms with van der Waals surface area (Å²) >= 11 is 0. The Balaban J connectivity index is 0. The molecule has 0 aromatic rings. The summed E-state index contributed by atoms with van der Waals surface area (Å²) in [7, 11) is 4.94. The van der Waals surface area contributed by atoms with E-state index in [2.05, 4.69) is 27.9 Å². The molecule has 0 unspecified atom stereocenters. The van der Waals surface area contributed by atoms with Crippen molar-refractivity contribution in [3.8, 4) is 0 Å². The average molecular weight is 570 g/mol. The van der Waals surface area contributed by atoms with E-state index >= 15 is 0 Å². The van der Waals surface area contributed by atoms with Crippen LogP contribution in [-0.2, 0) is 0 Å². The predicted octanol–water partition coefficient (Wildman–Crippen LogP) is 10.6. The summed E-state index contributed by atoms with van der Waals surface area (Å²) in [5.74, 6) is 0. The van der Waals surface area contributed by atoms with Gasteiger partial charge in [0.1, 0.15) is 0 Å². The maximum Gasteiger partial charge on any atom is 0.0782 e. The predicted molar refractivity (Wildman–Crippen MR) is 181 cm³/mol. The third-order valence-corrected chi connectivity index (χ3v) is 9.23. The molecule has 0 amide bonds. The quantitative estimate of drug-likeness (QED) is 0.0534. The van der Waals surface area contributed by atoms with E-state index < -0.39 is 0 Å². The first kappa shape index (κ1) is 42.0. The maximum atomic E-state index is 2.47. The number of quaternary nitrogens is 1. The van der Waals surface area contributed by atoms with E-state index in [-0.39, 0.29) is 4.70 Å². The molecule has 0 bridgehead atoms. The minimum atomic E-state index is 0. The molecule has 0 rings (SSSR count). The second-order valence-corrected chi connectivity index (χ2v) is 14.0. The lowest BCUT2D eigenvalue weighted by molar-refractivity contribution is -0.890. The van der Waals surface area contributed by atoms with Gasteiger partial charge in [0.25, 0.3) is 0 Å². The Morgan fingerprint density at radius 2 is 0.400 bits per heavy atom. The van der Waals surface area contributed by atoms with E-state index in [1.807, 2.05) is 0 Å². The topological polar surface area (TPSA) is 0 Å². The van der Waals surface area contributed by atoms with Gasteiger partial charge in [-0.2, -0.15) is 0 Å². The van der Waals surface area contributed by atoms with E-state index in [4.69, 9.17) is 0 Å². The van der Waals surface area contributed by atoms with Crippen molar-refractivity contribution in [1.82, 2.24) is 0 Å². The van der Waals surface area contributed by atoms with Gasteiger partial charge in [0, 0.05) is 0 Å². The van der Waals surface area contributed by atoms with Crippen molar-refractivity contribution >= 4 is 0 Å². The summed E-state index contributed by atoms with van der Waals surface area (Å²) in [4.78, 5) is 0. The van der Waals surface area contributed by atoms with Crippen molar-refractivity contribution < 1.29 is 9.19 Å². The van der Waals surface area contributed by atoms with Crippen LogP contribution in [0.15, 0.2) is 0 Å². The zero-order valence-corrected chi connectivity index (χ0v) is 28.9. The number of rotatable bonds is 34.